The quantitative estimate of drug-likeness (QED) is 0.924. The van der Waals surface area contributed by atoms with E-state index in [4.69, 9.17) is 0 Å². The molecule has 0 saturated heterocycles. The third kappa shape index (κ3) is 3.72. The lowest BCUT2D eigenvalue weighted by Gasteiger charge is -2.11. The molecule has 1 N–H and O–H groups in total. The highest BCUT2D eigenvalue weighted by molar-refractivity contribution is 9.10. The highest BCUT2D eigenvalue weighted by Gasteiger charge is 2.23. The molecular weight excluding hydrogens is 316 g/mol. The van der Waals surface area contributed by atoms with E-state index >= 15 is 0 Å². The van der Waals surface area contributed by atoms with Crippen molar-refractivity contribution in [3.63, 3.8) is 0 Å². The van der Waals surface area contributed by atoms with Gasteiger partial charge in [0.05, 0.1) is 0 Å². The average Bonchev–Trinajstić information content (AvgIpc) is 2.12. The molecule has 0 fully saturated rings. The van der Waals surface area contributed by atoms with Gasteiger partial charge in [-0.2, -0.15) is 0 Å². The van der Waals surface area contributed by atoms with Crippen molar-refractivity contribution >= 4 is 26.0 Å². The van der Waals surface area contributed by atoms with Gasteiger partial charge in [0, 0.05) is 17.1 Å². The Kier molecular flexibility index (Phi) is 4.62. The molecule has 96 valence electrons. The maximum absolute atomic E-state index is 13.4. The van der Waals surface area contributed by atoms with Crippen molar-refractivity contribution in [2.45, 2.75) is 18.7 Å². The number of hydrogen-bond donors (Lipinski definition) is 1. The second-order valence-electron chi connectivity index (χ2n) is 3.94. The van der Waals surface area contributed by atoms with Gasteiger partial charge < -0.3 is 0 Å². The van der Waals surface area contributed by atoms with Crippen LogP contribution in [0.5, 0.6) is 0 Å². The Hall–Kier alpha value is -0.530. The molecule has 0 heterocycles. The Morgan fingerprint density at radius 1 is 1.35 bits per heavy atom. The molecule has 0 bridgehead atoms. The molecule has 0 aliphatic carbocycles. The van der Waals surface area contributed by atoms with Gasteiger partial charge in [-0.15, -0.1) is 0 Å². The molecule has 0 atom stereocenters. The van der Waals surface area contributed by atoms with Crippen LogP contribution in [0.15, 0.2) is 21.5 Å². The first kappa shape index (κ1) is 14.5. The second kappa shape index (κ2) is 5.41. The first-order valence-electron chi connectivity index (χ1n) is 4.88. The summed E-state index contributed by atoms with van der Waals surface area (Å²) in [5.41, 5.74) is 0. The molecule has 1 aromatic carbocycles. The average molecular weight is 328 g/mol. The molecule has 0 aliphatic heterocycles. The number of benzene rings is 1. The highest BCUT2D eigenvalue weighted by Crippen LogP contribution is 2.26. The lowest BCUT2D eigenvalue weighted by molar-refractivity contribution is 0.532. The Morgan fingerprint density at radius 2 is 1.94 bits per heavy atom. The summed E-state index contributed by atoms with van der Waals surface area (Å²) in [5.74, 6) is -1.86. The summed E-state index contributed by atoms with van der Waals surface area (Å²) in [6.07, 6.45) is 0. The van der Waals surface area contributed by atoms with Gasteiger partial charge in [-0.05, 0) is 27.9 Å². The van der Waals surface area contributed by atoms with Crippen LogP contribution in [0.3, 0.4) is 0 Å². The summed E-state index contributed by atoms with van der Waals surface area (Å²) in [4.78, 5) is -0.570. The minimum atomic E-state index is -3.97. The Bertz CT molecular complexity index is 494. The number of hydrogen-bond acceptors (Lipinski definition) is 2. The lowest BCUT2D eigenvalue weighted by atomic mass is 10.2. The third-order valence-electron chi connectivity index (χ3n) is 1.91. The van der Waals surface area contributed by atoms with Crippen LogP contribution < -0.4 is 4.72 Å². The number of rotatable bonds is 4. The van der Waals surface area contributed by atoms with Crippen LogP contribution in [0.25, 0.3) is 0 Å². The molecule has 0 radical (unpaired) electrons. The van der Waals surface area contributed by atoms with E-state index in [1.165, 1.54) is 0 Å². The van der Waals surface area contributed by atoms with Crippen LogP contribution in [0.1, 0.15) is 13.8 Å². The first-order valence-corrected chi connectivity index (χ1v) is 7.16. The third-order valence-corrected chi connectivity index (χ3v) is 4.30. The van der Waals surface area contributed by atoms with Crippen LogP contribution in [-0.4, -0.2) is 15.0 Å². The van der Waals surface area contributed by atoms with E-state index in [9.17, 15) is 17.2 Å². The predicted molar refractivity (Wildman–Crippen MR) is 64.1 cm³/mol. The number of halogens is 3. The van der Waals surface area contributed by atoms with Crippen molar-refractivity contribution in [3.05, 3.63) is 28.2 Å². The van der Waals surface area contributed by atoms with Gasteiger partial charge in [0.25, 0.3) is 0 Å². The normalized spacial score (nSPS) is 12.1. The summed E-state index contributed by atoms with van der Waals surface area (Å²) in [6, 6.07) is 1.45. The fourth-order valence-corrected chi connectivity index (χ4v) is 3.51. The van der Waals surface area contributed by atoms with Crippen molar-refractivity contribution in [2.75, 3.05) is 6.54 Å². The maximum atomic E-state index is 13.4. The van der Waals surface area contributed by atoms with Gasteiger partial charge in [-0.1, -0.05) is 13.8 Å². The summed E-state index contributed by atoms with van der Waals surface area (Å²) in [5, 5.41) is 0. The molecule has 0 aliphatic rings. The largest absolute Gasteiger partial charge is 0.244 e. The van der Waals surface area contributed by atoms with E-state index in [0.29, 0.717) is 6.07 Å². The topological polar surface area (TPSA) is 46.2 Å². The van der Waals surface area contributed by atoms with Crippen molar-refractivity contribution in [3.8, 4) is 0 Å². The standard InChI is InChI=1S/C10H12BrF2NO2S/c1-6(2)5-14-17(15,16)10-8(11)3-7(12)4-9(10)13/h3-4,6,14H,5H2,1-2H3. The molecule has 1 aromatic rings. The van der Waals surface area contributed by atoms with Gasteiger partial charge in [-0.3, -0.25) is 0 Å². The fraction of sp³-hybridized carbons (Fsp3) is 0.400. The van der Waals surface area contributed by atoms with Crippen molar-refractivity contribution in [1.29, 1.82) is 0 Å². The fourth-order valence-electron chi connectivity index (χ4n) is 1.13. The maximum Gasteiger partial charge on any atom is 0.244 e. The Labute approximate surface area is 107 Å². The molecule has 0 spiro atoms. The second-order valence-corrected chi connectivity index (χ2v) is 6.50. The zero-order valence-corrected chi connectivity index (χ0v) is 11.7. The van der Waals surface area contributed by atoms with E-state index < -0.39 is 26.6 Å². The minimum Gasteiger partial charge on any atom is -0.211 e. The van der Waals surface area contributed by atoms with E-state index in [-0.39, 0.29) is 16.9 Å². The molecular formula is C10H12BrF2NO2S. The summed E-state index contributed by atoms with van der Waals surface area (Å²) < 4.78 is 52.0. The van der Waals surface area contributed by atoms with Crippen molar-refractivity contribution in [1.82, 2.24) is 4.72 Å². The van der Waals surface area contributed by atoms with Crippen molar-refractivity contribution in [2.24, 2.45) is 5.92 Å². The van der Waals surface area contributed by atoms with Gasteiger partial charge >= 0.3 is 0 Å². The molecule has 0 saturated carbocycles. The molecule has 0 unspecified atom stereocenters. The van der Waals surface area contributed by atoms with E-state index in [0.717, 1.165) is 6.07 Å². The lowest BCUT2D eigenvalue weighted by Crippen LogP contribution is -2.28. The smallest absolute Gasteiger partial charge is 0.211 e. The summed E-state index contributed by atoms with van der Waals surface area (Å²) >= 11 is 2.84. The van der Waals surface area contributed by atoms with Crippen LogP contribution in [-0.2, 0) is 10.0 Å². The zero-order chi connectivity index (χ0) is 13.2. The summed E-state index contributed by atoms with van der Waals surface area (Å²) in [7, 11) is -3.97. The molecule has 0 aromatic heterocycles. The van der Waals surface area contributed by atoms with Crippen LogP contribution >= 0.6 is 15.9 Å². The van der Waals surface area contributed by atoms with Crippen LogP contribution in [0.2, 0.25) is 0 Å². The van der Waals surface area contributed by atoms with Gasteiger partial charge in [-0.25, -0.2) is 21.9 Å². The highest BCUT2D eigenvalue weighted by atomic mass is 79.9. The van der Waals surface area contributed by atoms with E-state index in [1.807, 2.05) is 13.8 Å². The molecule has 17 heavy (non-hydrogen) atoms. The van der Waals surface area contributed by atoms with E-state index in [1.54, 1.807) is 0 Å². The van der Waals surface area contributed by atoms with Gasteiger partial charge in [0.15, 0.2) is 0 Å². The molecule has 3 nitrogen and oxygen atoms in total. The molecule has 0 amide bonds. The monoisotopic (exact) mass is 327 g/mol. The predicted octanol–water partition coefficient (Wildman–Crippen LogP) is 2.66. The van der Waals surface area contributed by atoms with Gasteiger partial charge in [0.1, 0.15) is 16.5 Å². The Morgan fingerprint density at radius 3 is 2.41 bits per heavy atom. The molecule has 7 heteroatoms. The SMILES string of the molecule is CC(C)CNS(=O)(=O)c1c(F)cc(F)cc1Br. The summed E-state index contributed by atoms with van der Waals surface area (Å²) in [6.45, 7) is 3.82. The number of sulfonamides is 1. The minimum absolute atomic E-state index is 0.0899. The van der Waals surface area contributed by atoms with Crippen molar-refractivity contribution < 1.29 is 17.2 Å². The van der Waals surface area contributed by atoms with Crippen LogP contribution in [0.4, 0.5) is 8.78 Å². The Balaban J connectivity index is 3.16. The van der Waals surface area contributed by atoms with E-state index in [2.05, 4.69) is 20.7 Å². The first-order chi connectivity index (χ1) is 7.74. The zero-order valence-electron chi connectivity index (χ0n) is 9.30. The number of nitrogens with one attached hydrogen (secondary N) is 1. The van der Waals surface area contributed by atoms with Gasteiger partial charge in [0.2, 0.25) is 10.0 Å². The van der Waals surface area contributed by atoms with Crippen LogP contribution in [0, 0.1) is 17.6 Å². The molecule has 1 rings (SSSR count).